The van der Waals surface area contributed by atoms with Crippen LogP contribution in [-0.4, -0.2) is 23.2 Å². The van der Waals surface area contributed by atoms with Gasteiger partial charge in [0.1, 0.15) is 5.82 Å². The first-order valence-corrected chi connectivity index (χ1v) is 8.66. The summed E-state index contributed by atoms with van der Waals surface area (Å²) in [7, 11) is -3.87. The number of sulfonamides is 1. The van der Waals surface area contributed by atoms with E-state index < -0.39 is 15.6 Å². The van der Waals surface area contributed by atoms with Gasteiger partial charge >= 0.3 is 0 Å². The lowest BCUT2D eigenvalue weighted by Crippen LogP contribution is -2.35. The van der Waals surface area contributed by atoms with Gasteiger partial charge in [-0.1, -0.05) is 19.8 Å². The topological polar surface area (TPSA) is 90.9 Å². The molecule has 0 aromatic carbocycles. The summed E-state index contributed by atoms with van der Waals surface area (Å²) >= 11 is 0. The van der Waals surface area contributed by atoms with E-state index >= 15 is 0 Å². The number of hydrogen-bond acceptors (Lipinski definition) is 4. The molecule has 1 aliphatic carbocycles. The Hall–Kier alpha value is -0.950. The van der Waals surface area contributed by atoms with Crippen molar-refractivity contribution < 1.29 is 8.42 Å². The van der Waals surface area contributed by atoms with E-state index in [0.29, 0.717) is 0 Å². The molecular formula is C13H24N4O2S. The van der Waals surface area contributed by atoms with Gasteiger partial charge in [-0.2, -0.15) is 0 Å². The van der Waals surface area contributed by atoms with Gasteiger partial charge < -0.3 is 0 Å². The van der Waals surface area contributed by atoms with Gasteiger partial charge in [-0.25, -0.2) is 13.6 Å². The molecule has 1 aromatic heterocycles. The summed E-state index contributed by atoms with van der Waals surface area (Å²) in [5.74, 6) is 0.772. The molecule has 0 unspecified atom stereocenters. The third-order valence-corrected chi connectivity index (χ3v) is 5.04. The molecule has 1 aromatic rings. The molecule has 0 amide bonds. The van der Waals surface area contributed by atoms with Crippen molar-refractivity contribution in [2.45, 2.75) is 75.9 Å². The molecule has 1 heterocycles. The Morgan fingerprint density at radius 3 is 2.20 bits per heavy atom. The van der Waals surface area contributed by atoms with Gasteiger partial charge in [-0.15, -0.1) is 10.2 Å². The molecule has 0 bridgehead atoms. The van der Waals surface area contributed by atoms with E-state index in [1.54, 1.807) is 4.57 Å². The fourth-order valence-corrected chi connectivity index (χ4v) is 3.96. The molecule has 0 saturated heterocycles. The van der Waals surface area contributed by atoms with Gasteiger partial charge in [0, 0.05) is 11.0 Å². The Morgan fingerprint density at radius 1 is 1.25 bits per heavy atom. The number of nitrogens with two attached hydrogens (primary N) is 1. The van der Waals surface area contributed by atoms with Crippen LogP contribution in [0.1, 0.15) is 65.6 Å². The van der Waals surface area contributed by atoms with Gasteiger partial charge in [0.25, 0.3) is 15.2 Å². The van der Waals surface area contributed by atoms with Crippen LogP contribution in [0.4, 0.5) is 0 Å². The SMILES string of the molecule is CCC1(c2nnc(S(N)(=O)=O)n2C(C)(C)C)CCCC1. The summed E-state index contributed by atoms with van der Waals surface area (Å²) in [4.78, 5) is 0. The molecular weight excluding hydrogens is 276 g/mol. The molecule has 20 heavy (non-hydrogen) atoms. The standard InChI is InChI=1S/C13H24N4O2S/c1-5-13(8-6-7-9-13)10-15-16-11(20(14,18)19)17(10)12(2,3)4/h5-9H2,1-4H3,(H2,14,18,19). The average Bonchev–Trinajstić information content (AvgIpc) is 2.94. The van der Waals surface area contributed by atoms with Gasteiger partial charge in [-0.3, -0.25) is 4.57 Å². The zero-order chi connectivity index (χ0) is 15.2. The van der Waals surface area contributed by atoms with Crippen molar-refractivity contribution in [3.8, 4) is 0 Å². The Morgan fingerprint density at radius 2 is 1.80 bits per heavy atom. The zero-order valence-corrected chi connectivity index (χ0v) is 13.5. The second-order valence-electron chi connectivity index (χ2n) is 6.70. The third-order valence-electron chi connectivity index (χ3n) is 4.27. The third kappa shape index (κ3) is 2.48. The highest BCUT2D eigenvalue weighted by molar-refractivity contribution is 7.89. The molecule has 1 fully saturated rings. The molecule has 1 saturated carbocycles. The van der Waals surface area contributed by atoms with E-state index in [1.165, 1.54) is 0 Å². The fraction of sp³-hybridized carbons (Fsp3) is 0.846. The lowest BCUT2D eigenvalue weighted by atomic mass is 9.82. The summed E-state index contributed by atoms with van der Waals surface area (Å²) < 4.78 is 25.3. The van der Waals surface area contributed by atoms with Crippen LogP contribution in [0.25, 0.3) is 0 Å². The monoisotopic (exact) mass is 300 g/mol. The quantitative estimate of drug-likeness (QED) is 0.923. The number of nitrogens with zero attached hydrogens (tertiary/aromatic N) is 3. The van der Waals surface area contributed by atoms with E-state index in [-0.39, 0.29) is 10.6 Å². The number of hydrogen-bond donors (Lipinski definition) is 1. The minimum Gasteiger partial charge on any atom is -0.295 e. The maximum Gasteiger partial charge on any atom is 0.273 e. The summed E-state index contributed by atoms with van der Waals surface area (Å²) in [5.41, 5.74) is -0.491. The first-order chi connectivity index (χ1) is 9.12. The minimum atomic E-state index is -3.87. The van der Waals surface area contributed by atoms with Gasteiger partial charge in [0.2, 0.25) is 0 Å². The lowest BCUT2D eigenvalue weighted by molar-refractivity contribution is 0.298. The molecule has 1 aliphatic rings. The summed E-state index contributed by atoms with van der Waals surface area (Å²) in [6.07, 6.45) is 5.29. The second-order valence-corrected chi connectivity index (χ2v) is 8.15. The van der Waals surface area contributed by atoms with Crippen LogP contribution in [0.3, 0.4) is 0 Å². The first-order valence-electron chi connectivity index (χ1n) is 7.11. The van der Waals surface area contributed by atoms with Crippen LogP contribution < -0.4 is 5.14 Å². The van der Waals surface area contributed by atoms with Crippen LogP contribution in [0.5, 0.6) is 0 Å². The number of rotatable bonds is 3. The normalized spacial score (nSPS) is 19.4. The van der Waals surface area contributed by atoms with Crippen molar-refractivity contribution >= 4 is 10.0 Å². The molecule has 0 aliphatic heterocycles. The zero-order valence-electron chi connectivity index (χ0n) is 12.7. The van der Waals surface area contributed by atoms with Crippen LogP contribution in [-0.2, 0) is 21.0 Å². The highest BCUT2D eigenvalue weighted by Gasteiger charge is 2.42. The van der Waals surface area contributed by atoms with Gasteiger partial charge in [0.15, 0.2) is 0 Å². The highest BCUT2D eigenvalue weighted by atomic mass is 32.2. The van der Waals surface area contributed by atoms with E-state index in [0.717, 1.165) is 37.9 Å². The molecule has 0 spiro atoms. The summed E-state index contributed by atoms with van der Waals surface area (Å²) in [6, 6.07) is 0. The Kier molecular flexibility index (Phi) is 3.71. The lowest BCUT2D eigenvalue weighted by Gasteiger charge is -2.32. The predicted molar refractivity (Wildman–Crippen MR) is 76.8 cm³/mol. The molecule has 114 valence electrons. The predicted octanol–water partition coefficient (Wildman–Crippen LogP) is 1.90. The minimum absolute atomic E-state index is 0.0662. The molecule has 2 N–H and O–H groups in total. The van der Waals surface area contributed by atoms with Crippen LogP contribution in [0, 0.1) is 0 Å². The Balaban J connectivity index is 2.69. The highest BCUT2D eigenvalue weighted by Crippen LogP contribution is 2.44. The molecule has 7 heteroatoms. The Labute approximate surface area is 120 Å². The number of primary sulfonamides is 1. The van der Waals surface area contributed by atoms with Crippen molar-refractivity contribution in [1.29, 1.82) is 0 Å². The second kappa shape index (κ2) is 4.80. The fourth-order valence-electron chi connectivity index (χ4n) is 3.19. The smallest absolute Gasteiger partial charge is 0.273 e. The van der Waals surface area contributed by atoms with Crippen molar-refractivity contribution in [2.24, 2.45) is 5.14 Å². The average molecular weight is 300 g/mol. The van der Waals surface area contributed by atoms with Gasteiger partial charge in [0.05, 0.1) is 0 Å². The van der Waals surface area contributed by atoms with Gasteiger partial charge in [-0.05, 0) is 40.0 Å². The van der Waals surface area contributed by atoms with Crippen molar-refractivity contribution in [2.75, 3.05) is 0 Å². The summed E-state index contributed by atoms with van der Waals surface area (Å²) in [5, 5.41) is 13.3. The van der Waals surface area contributed by atoms with Crippen LogP contribution >= 0.6 is 0 Å². The van der Waals surface area contributed by atoms with E-state index in [1.807, 2.05) is 20.8 Å². The molecule has 2 rings (SSSR count). The van der Waals surface area contributed by atoms with E-state index in [2.05, 4.69) is 17.1 Å². The van der Waals surface area contributed by atoms with E-state index in [9.17, 15) is 8.42 Å². The van der Waals surface area contributed by atoms with Crippen LogP contribution in [0.15, 0.2) is 5.16 Å². The largest absolute Gasteiger partial charge is 0.295 e. The molecule has 6 nitrogen and oxygen atoms in total. The first kappa shape index (κ1) is 15.4. The van der Waals surface area contributed by atoms with Crippen molar-refractivity contribution in [1.82, 2.24) is 14.8 Å². The maximum atomic E-state index is 11.8. The number of aromatic nitrogens is 3. The summed E-state index contributed by atoms with van der Waals surface area (Å²) in [6.45, 7) is 7.98. The van der Waals surface area contributed by atoms with Crippen molar-refractivity contribution in [3.05, 3.63) is 5.82 Å². The maximum absolute atomic E-state index is 11.8. The molecule has 0 atom stereocenters. The van der Waals surface area contributed by atoms with E-state index in [4.69, 9.17) is 5.14 Å². The Bertz CT molecular complexity index is 592. The van der Waals surface area contributed by atoms with Crippen LogP contribution in [0.2, 0.25) is 0 Å². The molecule has 0 radical (unpaired) electrons. The van der Waals surface area contributed by atoms with Crippen molar-refractivity contribution in [3.63, 3.8) is 0 Å².